The highest BCUT2D eigenvalue weighted by Crippen LogP contribution is 2.26. The molecular formula is C14H17N3. The predicted octanol–water partition coefficient (Wildman–Crippen LogP) is 2.64. The van der Waals surface area contributed by atoms with Gasteiger partial charge in [-0.2, -0.15) is 5.10 Å². The molecule has 17 heavy (non-hydrogen) atoms. The molecule has 1 heterocycles. The third kappa shape index (κ3) is 1.71. The van der Waals surface area contributed by atoms with Crippen LogP contribution in [-0.4, -0.2) is 9.78 Å². The Hall–Kier alpha value is -1.77. The fourth-order valence-electron chi connectivity index (χ4n) is 2.65. The zero-order chi connectivity index (χ0) is 11.8. The van der Waals surface area contributed by atoms with E-state index in [1.165, 1.54) is 36.2 Å². The standard InChI is InChI=1S/C14H17N3/c1-10-13-7-2-3-8-14(13)17(16-10)12-6-4-5-11(15)9-12/h4-6,9H,2-3,7-8,15H2,1H3. The lowest BCUT2D eigenvalue weighted by molar-refractivity contribution is 0.653. The Morgan fingerprint density at radius 1 is 1.24 bits per heavy atom. The molecule has 1 aromatic carbocycles. The number of hydrogen-bond donors (Lipinski definition) is 1. The van der Waals surface area contributed by atoms with Crippen LogP contribution in [0.25, 0.3) is 5.69 Å². The monoisotopic (exact) mass is 227 g/mol. The number of nitrogens with two attached hydrogens (primary N) is 1. The average molecular weight is 227 g/mol. The van der Waals surface area contributed by atoms with Gasteiger partial charge < -0.3 is 5.73 Å². The third-order valence-electron chi connectivity index (χ3n) is 3.50. The first-order valence-corrected chi connectivity index (χ1v) is 6.19. The maximum absolute atomic E-state index is 5.84. The summed E-state index contributed by atoms with van der Waals surface area (Å²) < 4.78 is 2.07. The quantitative estimate of drug-likeness (QED) is 0.761. The SMILES string of the molecule is Cc1nn(-c2cccc(N)c2)c2c1CCCC2. The number of benzene rings is 1. The predicted molar refractivity (Wildman–Crippen MR) is 69.4 cm³/mol. The molecular weight excluding hydrogens is 210 g/mol. The molecule has 1 aromatic heterocycles. The number of nitrogen functional groups attached to an aromatic ring is 1. The molecule has 2 N–H and O–H groups in total. The lowest BCUT2D eigenvalue weighted by atomic mass is 9.96. The molecule has 88 valence electrons. The topological polar surface area (TPSA) is 43.8 Å². The normalized spacial score (nSPS) is 14.6. The largest absolute Gasteiger partial charge is 0.399 e. The van der Waals surface area contributed by atoms with Gasteiger partial charge in [-0.25, -0.2) is 4.68 Å². The Morgan fingerprint density at radius 2 is 2.06 bits per heavy atom. The smallest absolute Gasteiger partial charge is 0.0669 e. The van der Waals surface area contributed by atoms with Crippen molar-refractivity contribution in [2.75, 3.05) is 5.73 Å². The van der Waals surface area contributed by atoms with Gasteiger partial charge in [0.1, 0.15) is 0 Å². The number of fused-ring (bicyclic) bond motifs is 1. The fourth-order valence-corrected chi connectivity index (χ4v) is 2.65. The van der Waals surface area contributed by atoms with Gasteiger partial charge in [-0.15, -0.1) is 0 Å². The van der Waals surface area contributed by atoms with Gasteiger partial charge in [-0.3, -0.25) is 0 Å². The van der Waals surface area contributed by atoms with Gasteiger partial charge >= 0.3 is 0 Å². The molecule has 0 amide bonds. The van der Waals surface area contributed by atoms with E-state index in [1.807, 2.05) is 18.2 Å². The second-order valence-corrected chi connectivity index (χ2v) is 4.72. The van der Waals surface area contributed by atoms with Crippen LogP contribution in [-0.2, 0) is 12.8 Å². The molecule has 3 rings (SSSR count). The highest BCUT2D eigenvalue weighted by atomic mass is 15.3. The van der Waals surface area contributed by atoms with E-state index < -0.39 is 0 Å². The van der Waals surface area contributed by atoms with E-state index in [2.05, 4.69) is 22.8 Å². The first-order valence-electron chi connectivity index (χ1n) is 6.19. The number of aromatic nitrogens is 2. The van der Waals surface area contributed by atoms with Gasteiger partial charge in [0.2, 0.25) is 0 Å². The van der Waals surface area contributed by atoms with Crippen molar-refractivity contribution >= 4 is 5.69 Å². The van der Waals surface area contributed by atoms with Crippen LogP contribution < -0.4 is 5.73 Å². The highest BCUT2D eigenvalue weighted by molar-refractivity contribution is 5.49. The fraction of sp³-hybridized carbons (Fsp3) is 0.357. The van der Waals surface area contributed by atoms with E-state index in [-0.39, 0.29) is 0 Å². The van der Waals surface area contributed by atoms with Crippen molar-refractivity contribution < 1.29 is 0 Å². The molecule has 0 fully saturated rings. The molecule has 1 aliphatic rings. The Labute approximate surface area is 101 Å². The third-order valence-corrected chi connectivity index (χ3v) is 3.50. The molecule has 0 bridgehead atoms. The first-order chi connectivity index (χ1) is 8.25. The molecule has 0 saturated heterocycles. The minimum absolute atomic E-state index is 0.792. The summed E-state index contributed by atoms with van der Waals surface area (Å²) >= 11 is 0. The molecule has 0 saturated carbocycles. The highest BCUT2D eigenvalue weighted by Gasteiger charge is 2.19. The zero-order valence-electron chi connectivity index (χ0n) is 10.1. The molecule has 0 radical (unpaired) electrons. The van der Waals surface area contributed by atoms with Crippen LogP contribution >= 0.6 is 0 Å². The van der Waals surface area contributed by atoms with Crippen LogP contribution in [0.1, 0.15) is 29.8 Å². The number of hydrogen-bond acceptors (Lipinski definition) is 2. The van der Waals surface area contributed by atoms with Gasteiger partial charge in [0.05, 0.1) is 11.4 Å². The van der Waals surface area contributed by atoms with Crippen molar-refractivity contribution in [3.8, 4) is 5.69 Å². The minimum Gasteiger partial charge on any atom is -0.399 e. The van der Waals surface area contributed by atoms with E-state index in [0.29, 0.717) is 0 Å². The van der Waals surface area contributed by atoms with Crippen molar-refractivity contribution in [3.05, 3.63) is 41.2 Å². The van der Waals surface area contributed by atoms with Crippen LogP contribution in [0.3, 0.4) is 0 Å². The van der Waals surface area contributed by atoms with Crippen molar-refractivity contribution in [2.45, 2.75) is 32.6 Å². The minimum atomic E-state index is 0.792. The van der Waals surface area contributed by atoms with Crippen LogP contribution in [0.2, 0.25) is 0 Å². The number of nitrogens with zero attached hydrogens (tertiary/aromatic N) is 2. The summed E-state index contributed by atoms with van der Waals surface area (Å²) in [5.74, 6) is 0. The average Bonchev–Trinajstić information content (AvgIpc) is 2.68. The van der Waals surface area contributed by atoms with Crippen molar-refractivity contribution in [1.29, 1.82) is 0 Å². The number of rotatable bonds is 1. The molecule has 3 nitrogen and oxygen atoms in total. The summed E-state index contributed by atoms with van der Waals surface area (Å²) in [5, 5.41) is 4.66. The van der Waals surface area contributed by atoms with Gasteiger partial charge in [0.25, 0.3) is 0 Å². The maximum Gasteiger partial charge on any atom is 0.0669 e. The molecule has 2 aromatic rings. The van der Waals surface area contributed by atoms with Gasteiger partial charge in [0.15, 0.2) is 0 Å². The second kappa shape index (κ2) is 3.91. The number of anilines is 1. The van der Waals surface area contributed by atoms with Crippen molar-refractivity contribution in [2.24, 2.45) is 0 Å². The van der Waals surface area contributed by atoms with Crippen LogP contribution in [0.4, 0.5) is 5.69 Å². The molecule has 0 unspecified atom stereocenters. The summed E-state index contributed by atoms with van der Waals surface area (Å²) in [7, 11) is 0. The Kier molecular flexibility index (Phi) is 2.39. The van der Waals surface area contributed by atoms with E-state index in [4.69, 9.17) is 5.73 Å². The van der Waals surface area contributed by atoms with Gasteiger partial charge in [-0.1, -0.05) is 6.07 Å². The van der Waals surface area contributed by atoms with Crippen LogP contribution in [0, 0.1) is 6.92 Å². The van der Waals surface area contributed by atoms with Gasteiger partial charge in [0, 0.05) is 11.4 Å². The lowest BCUT2D eigenvalue weighted by Crippen LogP contribution is -2.08. The van der Waals surface area contributed by atoms with E-state index in [0.717, 1.165) is 17.8 Å². The summed E-state index contributed by atoms with van der Waals surface area (Å²) in [6, 6.07) is 7.95. The Morgan fingerprint density at radius 3 is 2.88 bits per heavy atom. The summed E-state index contributed by atoms with van der Waals surface area (Å²) in [4.78, 5) is 0. The summed E-state index contributed by atoms with van der Waals surface area (Å²) in [5.41, 5.74) is 11.7. The summed E-state index contributed by atoms with van der Waals surface area (Å²) in [6.07, 6.45) is 4.85. The van der Waals surface area contributed by atoms with Crippen LogP contribution in [0.5, 0.6) is 0 Å². The second-order valence-electron chi connectivity index (χ2n) is 4.72. The van der Waals surface area contributed by atoms with Crippen molar-refractivity contribution in [3.63, 3.8) is 0 Å². The molecule has 3 heteroatoms. The van der Waals surface area contributed by atoms with E-state index in [1.54, 1.807) is 0 Å². The van der Waals surface area contributed by atoms with E-state index in [9.17, 15) is 0 Å². The van der Waals surface area contributed by atoms with Crippen LogP contribution in [0.15, 0.2) is 24.3 Å². The first kappa shape index (κ1) is 10.4. The Bertz CT molecular complexity index is 555. The maximum atomic E-state index is 5.84. The zero-order valence-corrected chi connectivity index (χ0v) is 10.1. The summed E-state index contributed by atoms with van der Waals surface area (Å²) in [6.45, 7) is 2.10. The number of aryl methyl sites for hydroxylation is 1. The van der Waals surface area contributed by atoms with Gasteiger partial charge in [-0.05, 0) is 56.4 Å². The lowest BCUT2D eigenvalue weighted by Gasteiger charge is -2.14. The van der Waals surface area contributed by atoms with E-state index >= 15 is 0 Å². The molecule has 1 aliphatic carbocycles. The Balaban J connectivity index is 2.15. The molecule has 0 aliphatic heterocycles. The molecule has 0 spiro atoms. The molecule has 0 atom stereocenters. The van der Waals surface area contributed by atoms with Crippen molar-refractivity contribution in [1.82, 2.24) is 9.78 Å².